The Labute approximate surface area is 174 Å². The zero-order valence-electron chi connectivity index (χ0n) is 16.7. The van der Waals surface area contributed by atoms with Gasteiger partial charge in [-0.1, -0.05) is 66.7 Å². The van der Waals surface area contributed by atoms with Crippen LogP contribution in [0.2, 0.25) is 0 Å². The number of aromatic nitrogens is 1. The number of carbonyl (C=O) groups is 2. The summed E-state index contributed by atoms with van der Waals surface area (Å²) in [6.07, 6.45) is 0.449. The molecule has 5 heteroatoms. The van der Waals surface area contributed by atoms with Gasteiger partial charge in [0.2, 0.25) is 5.91 Å². The van der Waals surface area contributed by atoms with Gasteiger partial charge in [-0.25, -0.2) is 4.79 Å². The van der Waals surface area contributed by atoms with Crippen LogP contribution in [-0.4, -0.2) is 30.0 Å². The fourth-order valence-electron chi connectivity index (χ4n) is 3.55. The van der Waals surface area contributed by atoms with Crippen molar-refractivity contribution >= 4 is 33.6 Å². The van der Waals surface area contributed by atoms with Gasteiger partial charge in [0.25, 0.3) is 0 Å². The van der Waals surface area contributed by atoms with Crippen LogP contribution >= 0.6 is 0 Å². The predicted molar refractivity (Wildman–Crippen MR) is 117 cm³/mol. The van der Waals surface area contributed by atoms with Crippen LogP contribution in [0.25, 0.3) is 21.7 Å². The minimum Gasteiger partial charge on any atom is -0.467 e. The van der Waals surface area contributed by atoms with Gasteiger partial charge in [-0.2, -0.15) is 0 Å². The van der Waals surface area contributed by atoms with Crippen LogP contribution in [-0.2, 0) is 27.2 Å². The average Bonchev–Trinajstić information content (AvgIpc) is 2.78. The van der Waals surface area contributed by atoms with Crippen molar-refractivity contribution < 1.29 is 14.3 Å². The van der Waals surface area contributed by atoms with E-state index in [1.807, 2.05) is 78.9 Å². The number of rotatable bonds is 6. The number of fused-ring (bicyclic) bond motifs is 2. The first-order valence-corrected chi connectivity index (χ1v) is 9.82. The number of ether oxygens (including phenoxy) is 1. The smallest absolute Gasteiger partial charge is 0.328 e. The lowest BCUT2D eigenvalue weighted by Gasteiger charge is -2.16. The first kappa shape index (κ1) is 19.6. The molecule has 0 spiro atoms. The summed E-state index contributed by atoms with van der Waals surface area (Å²) in [4.78, 5) is 29.5. The number of benzene rings is 3. The van der Waals surface area contributed by atoms with Gasteiger partial charge in [-0.15, -0.1) is 0 Å². The summed E-state index contributed by atoms with van der Waals surface area (Å²) in [5.41, 5.74) is 2.45. The van der Waals surface area contributed by atoms with E-state index in [1.54, 1.807) is 0 Å². The highest BCUT2D eigenvalue weighted by Crippen LogP contribution is 2.16. The van der Waals surface area contributed by atoms with E-state index in [9.17, 15) is 9.59 Å². The molecule has 0 fully saturated rings. The maximum Gasteiger partial charge on any atom is 0.328 e. The molecule has 0 aliphatic heterocycles. The van der Waals surface area contributed by atoms with Crippen LogP contribution in [0, 0.1) is 0 Å². The van der Waals surface area contributed by atoms with Crippen molar-refractivity contribution in [1.29, 1.82) is 0 Å². The second kappa shape index (κ2) is 8.74. The van der Waals surface area contributed by atoms with Crippen LogP contribution in [0.5, 0.6) is 0 Å². The molecule has 4 rings (SSSR count). The number of hydrogen-bond acceptors (Lipinski definition) is 4. The van der Waals surface area contributed by atoms with Crippen LogP contribution in [0.4, 0.5) is 0 Å². The summed E-state index contributed by atoms with van der Waals surface area (Å²) in [5, 5.41) is 6.03. The Hall–Kier alpha value is -3.73. The Morgan fingerprint density at radius 2 is 1.60 bits per heavy atom. The van der Waals surface area contributed by atoms with Gasteiger partial charge in [0.1, 0.15) is 6.04 Å². The summed E-state index contributed by atoms with van der Waals surface area (Å²) in [7, 11) is 1.32. The van der Waals surface area contributed by atoms with E-state index in [0.29, 0.717) is 0 Å². The summed E-state index contributed by atoms with van der Waals surface area (Å²) >= 11 is 0. The number of methoxy groups -OCH3 is 1. The SMILES string of the molecule is COC(=O)[C@@H](Cc1ccc2ccccc2n1)NC(=O)Cc1ccc2ccccc2c1. The topological polar surface area (TPSA) is 68.3 Å². The maximum atomic E-state index is 12.6. The number of carbonyl (C=O) groups excluding carboxylic acids is 2. The standard InChI is InChI=1S/C25H22N2O3/c1-30-25(29)23(16-21-13-12-19-7-4-5-9-22(19)26-21)27-24(28)15-17-10-11-18-6-2-3-8-20(18)14-17/h2-14,23H,15-16H2,1H3,(H,27,28)/t23-/m1/s1. The fraction of sp³-hybridized carbons (Fsp3) is 0.160. The van der Waals surface area contributed by atoms with E-state index < -0.39 is 12.0 Å². The zero-order chi connectivity index (χ0) is 20.9. The number of amides is 1. The van der Waals surface area contributed by atoms with Crippen molar-refractivity contribution in [2.75, 3.05) is 7.11 Å². The molecule has 0 saturated carbocycles. The lowest BCUT2D eigenvalue weighted by Crippen LogP contribution is -2.43. The Balaban J connectivity index is 1.48. The molecule has 1 aromatic heterocycles. The van der Waals surface area contributed by atoms with Crippen molar-refractivity contribution in [3.05, 3.63) is 90.1 Å². The Kier molecular flexibility index (Phi) is 5.70. The molecule has 5 nitrogen and oxygen atoms in total. The second-order valence-corrected chi connectivity index (χ2v) is 7.20. The molecule has 0 bridgehead atoms. The number of hydrogen-bond donors (Lipinski definition) is 1. The molecule has 1 N–H and O–H groups in total. The quantitative estimate of drug-likeness (QED) is 0.501. The van der Waals surface area contributed by atoms with Gasteiger partial charge in [0.15, 0.2) is 0 Å². The lowest BCUT2D eigenvalue weighted by molar-refractivity contribution is -0.145. The van der Waals surface area contributed by atoms with Gasteiger partial charge in [-0.05, 0) is 28.5 Å². The summed E-state index contributed by atoms with van der Waals surface area (Å²) in [6.45, 7) is 0. The van der Waals surface area contributed by atoms with Gasteiger partial charge in [0.05, 0.1) is 19.0 Å². The van der Waals surface area contributed by atoms with E-state index in [0.717, 1.165) is 32.9 Å². The first-order chi connectivity index (χ1) is 14.6. The Morgan fingerprint density at radius 1 is 0.900 bits per heavy atom. The van der Waals surface area contributed by atoms with Crippen LogP contribution in [0.1, 0.15) is 11.3 Å². The van der Waals surface area contributed by atoms with Gasteiger partial charge < -0.3 is 10.1 Å². The third kappa shape index (κ3) is 4.46. The van der Waals surface area contributed by atoms with Crippen molar-refractivity contribution in [2.24, 2.45) is 0 Å². The van der Waals surface area contributed by atoms with Crippen LogP contribution < -0.4 is 5.32 Å². The van der Waals surface area contributed by atoms with Gasteiger partial charge >= 0.3 is 5.97 Å². The lowest BCUT2D eigenvalue weighted by atomic mass is 10.0. The Morgan fingerprint density at radius 3 is 2.40 bits per heavy atom. The van der Waals surface area contributed by atoms with Gasteiger partial charge in [0, 0.05) is 17.5 Å². The summed E-state index contributed by atoms with van der Waals surface area (Å²) < 4.78 is 4.90. The third-order valence-corrected chi connectivity index (χ3v) is 5.07. The number of nitrogens with zero attached hydrogens (tertiary/aromatic N) is 1. The minimum absolute atomic E-state index is 0.184. The average molecular weight is 398 g/mol. The summed E-state index contributed by atoms with van der Waals surface area (Å²) in [5.74, 6) is -0.724. The zero-order valence-corrected chi connectivity index (χ0v) is 16.7. The number of pyridine rings is 1. The highest BCUT2D eigenvalue weighted by molar-refractivity contribution is 5.88. The largest absolute Gasteiger partial charge is 0.467 e. The third-order valence-electron chi connectivity index (χ3n) is 5.07. The molecule has 0 radical (unpaired) electrons. The number of para-hydroxylation sites is 1. The van der Waals surface area contributed by atoms with Gasteiger partial charge in [-0.3, -0.25) is 9.78 Å². The normalized spacial score (nSPS) is 11.9. The number of nitrogens with one attached hydrogen (secondary N) is 1. The van der Waals surface area contributed by atoms with E-state index in [2.05, 4.69) is 10.3 Å². The molecule has 1 heterocycles. The second-order valence-electron chi connectivity index (χ2n) is 7.20. The molecule has 0 aliphatic carbocycles. The number of esters is 1. The molecule has 3 aromatic carbocycles. The monoisotopic (exact) mass is 398 g/mol. The molecule has 1 atom stereocenters. The highest BCUT2D eigenvalue weighted by Gasteiger charge is 2.23. The first-order valence-electron chi connectivity index (χ1n) is 9.82. The Bertz CT molecular complexity index is 1220. The van der Waals surface area contributed by atoms with E-state index in [4.69, 9.17) is 4.74 Å². The van der Waals surface area contributed by atoms with E-state index in [-0.39, 0.29) is 18.7 Å². The molecular weight excluding hydrogens is 376 g/mol. The molecule has 1 amide bonds. The molecular formula is C25H22N2O3. The van der Waals surface area contributed by atoms with Crippen LogP contribution in [0.3, 0.4) is 0 Å². The van der Waals surface area contributed by atoms with Crippen molar-refractivity contribution in [3.8, 4) is 0 Å². The molecule has 150 valence electrons. The van der Waals surface area contributed by atoms with Crippen LogP contribution in [0.15, 0.2) is 78.9 Å². The van der Waals surface area contributed by atoms with Crippen molar-refractivity contribution in [1.82, 2.24) is 10.3 Å². The predicted octanol–water partition coefficient (Wildman–Crippen LogP) is 3.83. The highest BCUT2D eigenvalue weighted by atomic mass is 16.5. The fourth-order valence-corrected chi connectivity index (χ4v) is 3.55. The van der Waals surface area contributed by atoms with E-state index >= 15 is 0 Å². The molecule has 0 saturated heterocycles. The van der Waals surface area contributed by atoms with Crippen molar-refractivity contribution in [3.63, 3.8) is 0 Å². The molecule has 30 heavy (non-hydrogen) atoms. The molecule has 4 aromatic rings. The van der Waals surface area contributed by atoms with Crippen molar-refractivity contribution in [2.45, 2.75) is 18.9 Å². The summed E-state index contributed by atoms with van der Waals surface area (Å²) in [6, 6.07) is 24.7. The maximum absolute atomic E-state index is 12.6. The molecule has 0 aliphatic rings. The van der Waals surface area contributed by atoms with E-state index in [1.165, 1.54) is 7.11 Å². The minimum atomic E-state index is -0.795. The molecule has 0 unspecified atom stereocenters.